The molecular weight excluding hydrogens is 288 g/mol. The summed E-state index contributed by atoms with van der Waals surface area (Å²) in [4.78, 5) is 0.293. The van der Waals surface area contributed by atoms with Crippen LogP contribution in [0.1, 0.15) is 37.8 Å². The lowest BCUT2D eigenvalue weighted by atomic mass is 9.80. The van der Waals surface area contributed by atoms with Gasteiger partial charge in [-0.2, -0.15) is 0 Å². The van der Waals surface area contributed by atoms with Crippen LogP contribution in [0.5, 0.6) is 0 Å². The van der Waals surface area contributed by atoms with Crippen LogP contribution in [0.3, 0.4) is 0 Å². The lowest BCUT2D eigenvalue weighted by Crippen LogP contribution is -2.46. The highest BCUT2D eigenvalue weighted by molar-refractivity contribution is 7.89. The topological polar surface area (TPSA) is 69.6 Å². The van der Waals surface area contributed by atoms with Gasteiger partial charge in [-0.15, -0.1) is 0 Å². The van der Waals surface area contributed by atoms with Gasteiger partial charge >= 0.3 is 0 Å². The molecule has 0 spiro atoms. The second kappa shape index (κ2) is 6.04. The molecule has 1 aromatic carbocycles. The summed E-state index contributed by atoms with van der Waals surface area (Å²) in [5.74, 6) is 0. The van der Waals surface area contributed by atoms with Crippen LogP contribution in [-0.2, 0) is 10.0 Å². The second-order valence-corrected chi connectivity index (χ2v) is 8.19. The number of hydrogen-bond acceptors (Lipinski definition) is 4. The fraction of sp³-hybridized carbons (Fsp3) is 0.600. The van der Waals surface area contributed by atoms with Gasteiger partial charge in [-0.05, 0) is 43.9 Å². The zero-order valence-electron chi connectivity index (χ0n) is 12.8. The smallest absolute Gasteiger partial charge is 0.242 e. The third-order valence-corrected chi connectivity index (χ3v) is 6.01. The van der Waals surface area contributed by atoms with Crippen molar-refractivity contribution >= 4 is 10.0 Å². The average molecular weight is 312 g/mol. The van der Waals surface area contributed by atoms with E-state index in [0.29, 0.717) is 11.4 Å². The Kier molecular flexibility index (Phi) is 4.72. The lowest BCUT2D eigenvalue weighted by molar-refractivity contribution is -0.0329. The van der Waals surface area contributed by atoms with E-state index in [1.165, 1.54) is 18.4 Å². The number of benzene rings is 1. The van der Waals surface area contributed by atoms with Crippen LogP contribution in [0, 0.1) is 0 Å². The van der Waals surface area contributed by atoms with Crippen molar-refractivity contribution in [3.8, 4) is 0 Å². The van der Waals surface area contributed by atoms with Gasteiger partial charge in [0.1, 0.15) is 0 Å². The molecule has 1 saturated carbocycles. The van der Waals surface area contributed by atoms with E-state index in [4.69, 9.17) is 0 Å². The van der Waals surface area contributed by atoms with Crippen LogP contribution in [-0.4, -0.2) is 44.1 Å². The van der Waals surface area contributed by atoms with Gasteiger partial charge in [0.05, 0.1) is 10.5 Å². The first-order valence-electron chi connectivity index (χ1n) is 7.23. The summed E-state index contributed by atoms with van der Waals surface area (Å²) >= 11 is 0. The zero-order valence-corrected chi connectivity index (χ0v) is 13.7. The van der Waals surface area contributed by atoms with E-state index in [2.05, 4.69) is 5.32 Å². The Balaban J connectivity index is 2.01. The molecule has 0 aliphatic heterocycles. The molecule has 1 aromatic rings. The van der Waals surface area contributed by atoms with Crippen molar-refractivity contribution in [2.45, 2.75) is 42.7 Å². The summed E-state index contributed by atoms with van der Waals surface area (Å²) in [7, 11) is -0.336. The van der Waals surface area contributed by atoms with E-state index >= 15 is 0 Å². The quantitative estimate of drug-likeness (QED) is 0.835. The van der Waals surface area contributed by atoms with Gasteiger partial charge in [0.15, 0.2) is 0 Å². The molecule has 1 unspecified atom stereocenters. The Labute approximate surface area is 127 Å². The van der Waals surface area contributed by atoms with Crippen molar-refractivity contribution in [2.24, 2.45) is 0 Å². The summed E-state index contributed by atoms with van der Waals surface area (Å²) in [5, 5.41) is 13.4. The minimum Gasteiger partial charge on any atom is -0.389 e. The molecule has 0 radical (unpaired) electrons. The van der Waals surface area contributed by atoms with Crippen LogP contribution in [0.2, 0.25) is 0 Å². The van der Waals surface area contributed by atoms with Crippen LogP contribution in [0.25, 0.3) is 0 Å². The van der Waals surface area contributed by atoms with Crippen molar-refractivity contribution in [1.29, 1.82) is 0 Å². The number of hydrogen-bond donors (Lipinski definition) is 2. The second-order valence-electron chi connectivity index (χ2n) is 6.04. The molecule has 0 bridgehead atoms. The molecule has 21 heavy (non-hydrogen) atoms. The average Bonchev–Trinajstić information content (AvgIpc) is 2.42. The third-order valence-electron chi connectivity index (χ3n) is 4.18. The molecule has 118 valence electrons. The highest BCUT2D eigenvalue weighted by atomic mass is 32.2. The predicted octanol–water partition coefficient (Wildman–Crippen LogP) is 1.50. The van der Waals surface area contributed by atoms with Crippen molar-refractivity contribution < 1.29 is 13.5 Å². The first kappa shape index (κ1) is 16.4. The summed E-state index contributed by atoms with van der Waals surface area (Å²) in [5.41, 5.74) is 0.457. The van der Waals surface area contributed by atoms with Crippen LogP contribution < -0.4 is 5.32 Å². The minimum atomic E-state index is -3.38. The van der Waals surface area contributed by atoms with E-state index in [1.54, 1.807) is 12.1 Å². The normalized spacial score (nSPS) is 19.3. The first-order valence-corrected chi connectivity index (χ1v) is 8.67. The van der Waals surface area contributed by atoms with Gasteiger partial charge in [-0.3, -0.25) is 0 Å². The van der Waals surface area contributed by atoms with E-state index in [9.17, 15) is 13.5 Å². The van der Waals surface area contributed by atoms with Crippen molar-refractivity contribution in [2.75, 3.05) is 20.6 Å². The van der Waals surface area contributed by atoms with E-state index in [1.807, 2.05) is 19.1 Å². The molecule has 2 rings (SSSR count). The zero-order chi connectivity index (χ0) is 15.7. The van der Waals surface area contributed by atoms with Gasteiger partial charge < -0.3 is 10.4 Å². The standard InChI is InChI=1S/C15H24N2O3S/c1-12(16-11-15(18)9-4-10-15)13-5-7-14(8-6-13)21(19,20)17(2)3/h5-8,12,16,18H,4,9-11H2,1-3H3. The summed E-state index contributed by atoms with van der Waals surface area (Å²) in [6.07, 6.45) is 2.79. The third kappa shape index (κ3) is 3.63. The summed E-state index contributed by atoms with van der Waals surface area (Å²) in [6, 6.07) is 6.96. The molecule has 0 heterocycles. The monoisotopic (exact) mass is 312 g/mol. The first-order chi connectivity index (χ1) is 9.74. The molecular formula is C15H24N2O3S. The number of sulfonamides is 1. The fourth-order valence-electron chi connectivity index (χ4n) is 2.36. The minimum absolute atomic E-state index is 0.0748. The Morgan fingerprint density at radius 1 is 1.29 bits per heavy atom. The van der Waals surface area contributed by atoms with E-state index in [-0.39, 0.29) is 6.04 Å². The summed E-state index contributed by atoms with van der Waals surface area (Å²) in [6.45, 7) is 2.59. The molecule has 1 fully saturated rings. The highest BCUT2D eigenvalue weighted by Gasteiger charge is 2.34. The maximum Gasteiger partial charge on any atom is 0.242 e. The fourth-order valence-corrected chi connectivity index (χ4v) is 3.26. The molecule has 0 aromatic heterocycles. The van der Waals surface area contributed by atoms with Crippen LogP contribution in [0.4, 0.5) is 0 Å². The van der Waals surface area contributed by atoms with Gasteiger partial charge in [0.25, 0.3) is 0 Å². The van der Waals surface area contributed by atoms with Crippen LogP contribution in [0.15, 0.2) is 29.2 Å². The van der Waals surface area contributed by atoms with Gasteiger partial charge in [-0.25, -0.2) is 12.7 Å². The molecule has 5 nitrogen and oxygen atoms in total. The largest absolute Gasteiger partial charge is 0.389 e. The predicted molar refractivity (Wildman–Crippen MR) is 82.5 cm³/mol. The number of nitrogens with one attached hydrogen (secondary N) is 1. The SMILES string of the molecule is CC(NCC1(O)CCC1)c1ccc(S(=O)(=O)N(C)C)cc1. The molecule has 0 amide bonds. The molecule has 1 aliphatic rings. The number of nitrogens with zero attached hydrogens (tertiary/aromatic N) is 1. The molecule has 6 heteroatoms. The van der Waals surface area contributed by atoms with E-state index < -0.39 is 15.6 Å². The van der Waals surface area contributed by atoms with Crippen LogP contribution >= 0.6 is 0 Å². The molecule has 2 N–H and O–H groups in total. The van der Waals surface area contributed by atoms with E-state index in [0.717, 1.165) is 24.8 Å². The molecule has 1 aliphatic carbocycles. The Bertz CT molecular complexity index is 577. The van der Waals surface area contributed by atoms with Crippen molar-refractivity contribution in [1.82, 2.24) is 9.62 Å². The van der Waals surface area contributed by atoms with Gasteiger partial charge in [0.2, 0.25) is 10.0 Å². The van der Waals surface area contributed by atoms with Gasteiger partial charge in [-0.1, -0.05) is 12.1 Å². The van der Waals surface area contributed by atoms with Gasteiger partial charge in [0, 0.05) is 26.7 Å². The summed E-state index contributed by atoms with van der Waals surface area (Å²) < 4.78 is 25.2. The van der Waals surface area contributed by atoms with Crippen molar-refractivity contribution in [3.05, 3.63) is 29.8 Å². The maximum atomic E-state index is 12.0. The number of rotatable bonds is 6. The lowest BCUT2D eigenvalue weighted by Gasteiger charge is -2.37. The van der Waals surface area contributed by atoms with Crippen molar-refractivity contribution in [3.63, 3.8) is 0 Å². The Morgan fingerprint density at radius 3 is 2.29 bits per heavy atom. The molecule has 0 saturated heterocycles. The Morgan fingerprint density at radius 2 is 1.86 bits per heavy atom. The number of aliphatic hydroxyl groups is 1. The Hall–Kier alpha value is -0.950. The highest BCUT2D eigenvalue weighted by Crippen LogP contribution is 2.31. The molecule has 1 atom stereocenters. The maximum absolute atomic E-state index is 12.0.